The number of piperidine rings is 1. The minimum absolute atomic E-state index is 0.611. The molecule has 0 radical (unpaired) electrons. The maximum absolute atomic E-state index is 5.89. The first-order chi connectivity index (χ1) is 13.2. The standard InChI is InChI=1S/C23H32N2O2/c1-19-3-5-21(6-4-19)18-27-23-9-7-20(8-10-23)17-24-22-11-13-25(14-12-22)15-16-26-2/h3-10,22,24H,11-18H2,1-2H3. The van der Waals surface area contributed by atoms with Crippen LogP contribution < -0.4 is 10.1 Å². The average Bonchev–Trinajstić information content (AvgIpc) is 2.72. The number of hydrogen-bond donors (Lipinski definition) is 1. The summed E-state index contributed by atoms with van der Waals surface area (Å²) in [5.41, 5.74) is 3.78. The van der Waals surface area contributed by atoms with Crippen molar-refractivity contribution in [1.82, 2.24) is 10.2 Å². The maximum atomic E-state index is 5.89. The third kappa shape index (κ3) is 6.65. The van der Waals surface area contributed by atoms with Gasteiger partial charge in [0.15, 0.2) is 0 Å². The molecule has 0 aromatic heterocycles. The SMILES string of the molecule is COCCN1CCC(NCc2ccc(OCc3ccc(C)cc3)cc2)CC1. The van der Waals surface area contributed by atoms with Crippen molar-refractivity contribution in [3.8, 4) is 5.75 Å². The molecule has 1 N–H and O–H groups in total. The molecule has 4 nitrogen and oxygen atoms in total. The van der Waals surface area contributed by atoms with Crippen LogP contribution in [-0.2, 0) is 17.9 Å². The van der Waals surface area contributed by atoms with E-state index in [0.29, 0.717) is 12.6 Å². The summed E-state index contributed by atoms with van der Waals surface area (Å²) in [6, 6.07) is 17.5. The number of likely N-dealkylation sites (tertiary alicyclic amines) is 1. The van der Waals surface area contributed by atoms with Gasteiger partial charge in [-0.25, -0.2) is 0 Å². The van der Waals surface area contributed by atoms with E-state index in [1.54, 1.807) is 7.11 Å². The van der Waals surface area contributed by atoms with Crippen LogP contribution in [0, 0.1) is 6.92 Å². The molecule has 27 heavy (non-hydrogen) atoms. The molecule has 0 aliphatic carbocycles. The fourth-order valence-electron chi connectivity index (χ4n) is 3.40. The highest BCUT2D eigenvalue weighted by atomic mass is 16.5. The van der Waals surface area contributed by atoms with E-state index in [1.807, 2.05) is 0 Å². The normalized spacial score (nSPS) is 15.8. The van der Waals surface area contributed by atoms with Crippen molar-refractivity contribution < 1.29 is 9.47 Å². The van der Waals surface area contributed by atoms with Crippen molar-refractivity contribution in [2.75, 3.05) is 33.4 Å². The molecule has 0 amide bonds. The van der Waals surface area contributed by atoms with Gasteiger partial charge in [-0.15, -0.1) is 0 Å². The van der Waals surface area contributed by atoms with E-state index in [4.69, 9.17) is 9.47 Å². The van der Waals surface area contributed by atoms with Crippen molar-refractivity contribution in [2.24, 2.45) is 0 Å². The van der Waals surface area contributed by atoms with E-state index in [1.165, 1.54) is 29.5 Å². The summed E-state index contributed by atoms with van der Waals surface area (Å²) in [6.07, 6.45) is 2.42. The molecule has 1 saturated heterocycles. The predicted molar refractivity (Wildman–Crippen MR) is 110 cm³/mol. The molecule has 0 unspecified atom stereocenters. The molecular weight excluding hydrogens is 336 g/mol. The fourth-order valence-corrected chi connectivity index (χ4v) is 3.40. The van der Waals surface area contributed by atoms with Crippen LogP contribution in [0.3, 0.4) is 0 Å². The van der Waals surface area contributed by atoms with Crippen LogP contribution in [-0.4, -0.2) is 44.3 Å². The zero-order chi connectivity index (χ0) is 18.9. The highest BCUT2D eigenvalue weighted by Crippen LogP contribution is 2.16. The molecule has 0 bridgehead atoms. The molecule has 0 atom stereocenters. The lowest BCUT2D eigenvalue weighted by atomic mass is 10.0. The molecule has 1 fully saturated rings. The van der Waals surface area contributed by atoms with Crippen molar-refractivity contribution in [1.29, 1.82) is 0 Å². The Morgan fingerprint density at radius 1 is 0.963 bits per heavy atom. The van der Waals surface area contributed by atoms with E-state index >= 15 is 0 Å². The van der Waals surface area contributed by atoms with Crippen LogP contribution in [0.1, 0.15) is 29.5 Å². The lowest BCUT2D eigenvalue weighted by Crippen LogP contribution is -2.43. The number of nitrogens with one attached hydrogen (secondary N) is 1. The first-order valence-corrected chi connectivity index (χ1v) is 9.95. The van der Waals surface area contributed by atoms with Gasteiger partial charge < -0.3 is 19.7 Å². The van der Waals surface area contributed by atoms with Gasteiger partial charge in [0.1, 0.15) is 12.4 Å². The summed E-state index contributed by atoms with van der Waals surface area (Å²) in [7, 11) is 1.77. The van der Waals surface area contributed by atoms with Gasteiger partial charge in [-0.1, -0.05) is 42.0 Å². The van der Waals surface area contributed by atoms with Crippen LogP contribution in [0.15, 0.2) is 48.5 Å². The van der Waals surface area contributed by atoms with Crippen molar-refractivity contribution in [3.63, 3.8) is 0 Å². The third-order valence-electron chi connectivity index (χ3n) is 5.24. The number of aryl methyl sites for hydroxylation is 1. The zero-order valence-corrected chi connectivity index (χ0v) is 16.6. The summed E-state index contributed by atoms with van der Waals surface area (Å²) in [6.45, 7) is 7.83. The Labute approximate surface area is 163 Å². The van der Waals surface area contributed by atoms with E-state index < -0.39 is 0 Å². The molecule has 1 heterocycles. The van der Waals surface area contributed by atoms with Crippen molar-refractivity contribution in [2.45, 2.75) is 39.0 Å². The van der Waals surface area contributed by atoms with Gasteiger partial charge in [0.2, 0.25) is 0 Å². The summed E-state index contributed by atoms with van der Waals surface area (Å²) in [5, 5.41) is 3.70. The number of ether oxygens (including phenoxy) is 2. The van der Waals surface area contributed by atoms with Gasteiger partial charge in [-0.2, -0.15) is 0 Å². The molecule has 0 saturated carbocycles. The minimum atomic E-state index is 0.611. The fraction of sp³-hybridized carbons (Fsp3) is 0.478. The van der Waals surface area contributed by atoms with E-state index in [9.17, 15) is 0 Å². The Morgan fingerprint density at radius 2 is 1.63 bits per heavy atom. The molecular formula is C23H32N2O2. The van der Waals surface area contributed by atoms with Crippen LogP contribution in [0.4, 0.5) is 0 Å². The molecule has 1 aliphatic rings. The second-order valence-electron chi connectivity index (χ2n) is 7.41. The number of hydrogen-bond acceptors (Lipinski definition) is 4. The zero-order valence-electron chi connectivity index (χ0n) is 16.6. The van der Waals surface area contributed by atoms with Crippen molar-refractivity contribution in [3.05, 3.63) is 65.2 Å². The van der Waals surface area contributed by atoms with Crippen molar-refractivity contribution >= 4 is 0 Å². The number of nitrogens with zero attached hydrogens (tertiary/aromatic N) is 1. The lowest BCUT2D eigenvalue weighted by molar-refractivity contribution is 0.126. The average molecular weight is 369 g/mol. The molecule has 4 heteroatoms. The number of methoxy groups -OCH3 is 1. The second kappa shape index (κ2) is 10.5. The van der Waals surface area contributed by atoms with Crippen LogP contribution >= 0.6 is 0 Å². The van der Waals surface area contributed by atoms with Gasteiger partial charge in [0, 0.05) is 26.2 Å². The van der Waals surface area contributed by atoms with E-state index in [2.05, 4.69) is 65.7 Å². The molecule has 146 valence electrons. The number of rotatable bonds is 9. The summed E-state index contributed by atoms with van der Waals surface area (Å²) in [5.74, 6) is 0.922. The van der Waals surface area contributed by atoms with E-state index in [-0.39, 0.29) is 0 Å². The monoisotopic (exact) mass is 368 g/mol. The quantitative estimate of drug-likeness (QED) is 0.730. The van der Waals surface area contributed by atoms with Gasteiger partial charge in [0.25, 0.3) is 0 Å². The summed E-state index contributed by atoms with van der Waals surface area (Å²) in [4.78, 5) is 2.49. The lowest BCUT2D eigenvalue weighted by Gasteiger charge is -2.32. The largest absolute Gasteiger partial charge is 0.489 e. The maximum Gasteiger partial charge on any atom is 0.119 e. The topological polar surface area (TPSA) is 33.7 Å². The summed E-state index contributed by atoms with van der Waals surface area (Å²) >= 11 is 0. The van der Waals surface area contributed by atoms with Crippen LogP contribution in [0.2, 0.25) is 0 Å². The number of benzene rings is 2. The van der Waals surface area contributed by atoms with E-state index in [0.717, 1.165) is 38.5 Å². The molecule has 0 spiro atoms. The predicted octanol–water partition coefficient (Wildman–Crippen LogP) is 3.77. The Kier molecular flexibility index (Phi) is 7.69. The van der Waals surface area contributed by atoms with Gasteiger partial charge >= 0.3 is 0 Å². The molecule has 1 aliphatic heterocycles. The highest BCUT2D eigenvalue weighted by Gasteiger charge is 2.18. The Morgan fingerprint density at radius 3 is 2.30 bits per heavy atom. The van der Waals surface area contributed by atoms with Gasteiger partial charge in [-0.05, 0) is 56.1 Å². The molecule has 2 aromatic rings. The Balaban J connectivity index is 1.37. The Bertz CT molecular complexity index is 662. The highest BCUT2D eigenvalue weighted by molar-refractivity contribution is 5.28. The Hall–Kier alpha value is -1.88. The molecule has 3 rings (SSSR count). The van der Waals surface area contributed by atoms with Crippen LogP contribution in [0.25, 0.3) is 0 Å². The van der Waals surface area contributed by atoms with Gasteiger partial charge in [0.05, 0.1) is 6.61 Å². The smallest absolute Gasteiger partial charge is 0.119 e. The first-order valence-electron chi connectivity index (χ1n) is 9.95. The minimum Gasteiger partial charge on any atom is -0.489 e. The molecule has 2 aromatic carbocycles. The summed E-state index contributed by atoms with van der Waals surface area (Å²) < 4.78 is 11.1. The van der Waals surface area contributed by atoms with Gasteiger partial charge in [-0.3, -0.25) is 0 Å². The second-order valence-corrected chi connectivity index (χ2v) is 7.41. The first kappa shape index (κ1) is 19.9. The van der Waals surface area contributed by atoms with Crippen LogP contribution in [0.5, 0.6) is 5.75 Å². The third-order valence-corrected chi connectivity index (χ3v) is 5.24.